The molecular formula is C5H8N2S2. The van der Waals surface area contributed by atoms with Crippen molar-refractivity contribution in [2.75, 3.05) is 5.75 Å². The van der Waals surface area contributed by atoms with E-state index in [-0.39, 0.29) is 0 Å². The van der Waals surface area contributed by atoms with Crippen LogP contribution in [0.1, 0.15) is 0 Å². The summed E-state index contributed by atoms with van der Waals surface area (Å²) >= 11 is 5.15. The molecule has 0 spiro atoms. The minimum absolute atomic E-state index is 0.778. The van der Waals surface area contributed by atoms with Crippen molar-refractivity contribution in [2.24, 2.45) is 0 Å². The maximum Gasteiger partial charge on any atom is 0.0620 e. The number of hydrogen-bond acceptors (Lipinski definition) is 4. The molecule has 0 saturated carbocycles. The molecule has 0 amide bonds. The van der Waals surface area contributed by atoms with Crippen LogP contribution in [-0.2, 0) is 0 Å². The van der Waals surface area contributed by atoms with Crippen LogP contribution in [-0.4, -0.2) is 15.3 Å². The van der Waals surface area contributed by atoms with Crippen LogP contribution in [0, 0.1) is 0 Å². The van der Waals surface area contributed by atoms with E-state index in [1.54, 1.807) is 12.3 Å². The van der Waals surface area contributed by atoms with E-state index in [0.717, 1.165) is 5.75 Å². The Kier molecular flexibility index (Phi) is 7.35. The summed E-state index contributed by atoms with van der Waals surface area (Å²) in [6.45, 7) is 3.40. The summed E-state index contributed by atoms with van der Waals surface area (Å²) in [7, 11) is 0. The summed E-state index contributed by atoms with van der Waals surface area (Å²) in [5.41, 5.74) is 0. The first-order valence-corrected chi connectivity index (χ1v) is 3.81. The third kappa shape index (κ3) is 7.65. The largest absolute Gasteiger partial charge is 0.175 e. The third-order valence-electron chi connectivity index (χ3n) is 0.412. The predicted octanol–water partition coefficient (Wildman–Crippen LogP) is 1.64. The average molecular weight is 160 g/mol. The van der Waals surface area contributed by atoms with E-state index >= 15 is 0 Å². The van der Waals surface area contributed by atoms with Crippen molar-refractivity contribution in [3.05, 3.63) is 24.2 Å². The highest BCUT2D eigenvalue weighted by molar-refractivity contribution is 7.80. The fourth-order valence-corrected chi connectivity index (χ4v) is 0.408. The molecular weight excluding hydrogens is 152 g/mol. The highest BCUT2D eigenvalue weighted by Crippen LogP contribution is 1.78. The highest BCUT2D eigenvalue weighted by Gasteiger charge is 1.61. The molecule has 0 aromatic carbocycles. The van der Waals surface area contributed by atoms with Crippen LogP contribution in [0.5, 0.6) is 0 Å². The second kappa shape index (κ2) is 7.65. The molecule has 1 rings (SSSR count). The predicted molar refractivity (Wildman–Crippen MR) is 44.0 cm³/mol. The smallest absolute Gasteiger partial charge is 0.0620 e. The zero-order chi connectivity index (χ0) is 6.95. The van der Waals surface area contributed by atoms with Gasteiger partial charge < -0.3 is 0 Å². The van der Waals surface area contributed by atoms with Gasteiger partial charge in [-0.1, -0.05) is 10.6 Å². The number of aromatic nitrogens is 2. The van der Waals surface area contributed by atoms with Gasteiger partial charge in [0.25, 0.3) is 0 Å². The first-order chi connectivity index (χ1) is 4.41. The van der Waals surface area contributed by atoms with Gasteiger partial charge in [-0.25, -0.2) is 0 Å². The van der Waals surface area contributed by atoms with Crippen molar-refractivity contribution < 1.29 is 0 Å². The Labute approximate surface area is 64.2 Å². The SMILES string of the molecule is C=CCS.c1csnn1. The Morgan fingerprint density at radius 2 is 2.44 bits per heavy atom. The highest BCUT2D eigenvalue weighted by atomic mass is 32.1. The van der Waals surface area contributed by atoms with E-state index in [0.29, 0.717) is 0 Å². The molecule has 1 heterocycles. The summed E-state index contributed by atoms with van der Waals surface area (Å²) in [6, 6.07) is 0. The Balaban J connectivity index is 0.000000148. The molecule has 0 aliphatic heterocycles. The van der Waals surface area contributed by atoms with Crippen molar-refractivity contribution in [3.8, 4) is 0 Å². The van der Waals surface area contributed by atoms with Crippen molar-refractivity contribution in [2.45, 2.75) is 0 Å². The molecule has 0 saturated heterocycles. The van der Waals surface area contributed by atoms with E-state index in [1.165, 1.54) is 11.5 Å². The molecule has 0 unspecified atom stereocenters. The molecule has 0 aliphatic rings. The molecule has 4 heteroatoms. The monoisotopic (exact) mass is 160 g/mol. The topological polar surface area (TPSA) is 25.8 Å². The number of rotatable bonds is 1. The van der Waals surface area contributed by atoms with Gasteiger partial charge in [-0.2, -0.15) is 12.6 Å². The summed E-state index contributed by atoms with van der Waals surface area (Å²) in [4.78, 5) is 0. The van der Waals surface area contributed by atoms with Gasteiger partial charge in [-0.3, -0.25) is 0 Å². The summed E-state index contributed by atoms with van der Waals surface area (Å²) < 4.78 is 3.51. The minimum Gasteiger partial charge on any atom is -0.175 e. The first kappa shape index (κ1) is 8.65. The molecule has 50 valence electrons. The van der Waals surface area contributed by atoms with Crippen molar-refractivity contribution in [1.29, 1.82) is 0 Å². The summed E-state index contributed by atoms with van der Waals surface area (Å²) in [6.07, 6.45) is 3.40. The lowest BCUT2D eigenvalue weighted by Gasteiger charge is -1.57. The summed E-state index contributed by atoms with van der Waals surface area (Å²) in [5, 5.41) is 5.31. The van der Waals surface area contributed by atoms with Gasteiger partial charge in [0, 0.05) is 11.1 Å². The van der Waals surface area contributed by atoms with Crippen LogP contribution in [0.4, 0.5) is 0 Å². The lowest BCUT2D eigenvalue weighted by Crippen LogP contribution is -1.51. The fraction of sp³-hybridized carbons (Fsp3) is 0.200. The van der Waals surface area contributed by atoms with Crippen molar-refractivity contribution in [3.63, 3.8) is 0 Å². The van der Waals surface area contributed by atoms with Crippen molar-refractivity contribution in [1.82, 2.24) is 9.59 Å². The molecule has 2 nitrogen and oxygen atoms in total. The molecule has 0 aliphatic carbocycles. The lowest BCUT2D eigenvalue weighted by molar-refractivity contribution is 1.16. The van der Waals surface area contributed by atoms with Crippen LogP contribution in [0.25, 0.3) is 0 Å². The van der Waals surface area contributed by atoms with E-state index in [4.69, 9.17) is 0 Å². The van der Waals surface area contributed by atoms with Gasteiger partial charge in [0.15, 0.2) is 0 Å². The second-order valence-corrected chi connectivity index (χ2v) is 2.07. The fourth-order valence-electron chi connectivity index (χ4n) is 0.136. The Morgan fingerprint density at radius 3 is 2.56 bits per heavy atom. The minimum atomic E-state index is 0.778. The zero-order valence-electron chi connectivity index (χ0n) is 4.90. The normalized spacial score (nSPS) is 7.22. The third-order valence-corrected chi connectivity index (χ3v) is 1.10. The van der Waals surface area contributed by atoms with Crippen LogP contribution in [0.2, 0.25) is 0 Å². The molecule has 0 radical (unpaired) electrons. The Hall–Kier alpha value is -0.350. The van der Waals surface area contributed by atoms with E-state index in [9.17, 15) is 0 Å². The molecule has 9 heavy (non-hydrogen) atoms. The molecule has 0 fully saturated rings. The maximum atomic E-state index is 3.80. The van der Waals surface area contributed by atoms with E-state index in [1.807, 2.05) is 5.38 Å². The van der Waals surface area contributed by atoms with Crippen LogP contribution in [0.15, 0.2) is 24.2 Å². The van der Waals surface area contributed by atoms with Gasteiger partial charge in [-0.05, 0) is 11.5 Å². The maximum absolute atomic E-state index is 3.80. The summed E-state index contributed by atoms with van der Waals surface area (Å²) in [5.74, 6) is 0.778. The molecule has 0 N–H and O–H groups in total. The zero-order valence-corrected chi connectivity index (χ0v) is 6.61. The number of thiol groups is 1. The van der Waals surface area contributed by atoms with Gasteiger partial charge in [0.1, 0.15) is 0 Å². The standard InChI is InChI=1S/C3H6S.C2H2N2S/c1-2-3-4;1-2-5-4-3-1/h2,4H,1,3H2;1-2H. The quantitative estimate of drug-likeness (QED) is 0.499. The van der Waals surface area contributed by atoms with Gasteiger partial charge >= 0.3 is 0 Å². The van der Waals surface area contributed by atoms with Crippen LogP contribution < -0.4 is 0 Å². The second-order valence-electron chi connectivity index (χ2n) is 1.06. The van der Waals surface area contributed by atoms with Crippen LogP contribution in [0.3, 0.4) is 0 Å². The van der Waals surface area contributed by atoms with E-state index in [2.05, 4.69) is 28.8 Å². The van der Waals surface area contributed by atoms with Gasteiger partial charge in [0.05, 0.1) is 6.20 Å². The number of hydrogen-bond donors (Lipinski definition) is 1. The van der Waals surface area contributed by atoms with E-state index < -0.39 is 0 Å². The Bertz CT molecular complexity index is 110. The van der Waals surface area contributed by atoms with Gasteiger partial charge in [-0.15, -0.1) is 11.7 Å². The Morgan fingerprint density at radius 1 is 1.78 bits per heavy atom. The van der Waals surface area contributed by atoms with Crippen LogP contribution >= 0.6 is 24.2 Å². The first-order valence-electron chi connectivity index (χ1n) is 2.34. The number of nitrogens with zero attached hydrogens (tertiary/aromatic N) is 2. The van der Waals surface area contributed by atoms with Gasteiger partial charge in [0.2, 0.25) is 0 Å². The molecule has 0 bridgehead atoms. The van der Waals surface area contributed by atoms with Crippen molar-refractivity contribution >= 4 is 24.2 Å². The molecule has 0 atom stereocenters. The average Bonchev–Trinajstić information content (AvgIpc) is 2.43. The lowest BCUT2D eigenvalue weighted by atomic mass is 10.8. The molecule has 1 aromatic rings. The molecule has 1 aromatic heterocycles.